The van der Waals surface area contributed by atoms with Gasteiger partial charge in [-0.1, -0.05) is 61.9 Å². The number of carbonyl (C=O) groups excluding carboxylic acids is 3. The number of aliphatic hydroxyl groups is 3. The summed E-state index contributed by atoms with van der Waals surface area (Å²) in [4.78, 5) is 65.7. The van der Waals surface area contributed by atoms with E-state index in [1.807, 2.05) is 92.9 Å². The fourth-order valence-corrected chi connectivity index (χ4v) is 12.0. The molecule has 3 amide bonds. The van der Waals surface area contributed by atoms with Crippen molar-refractivity contribution in [2.45, 2.75) is 212 Å². The Balaban J connectivity index is 0.000000135. The first-order valence-electron chi connectivity index (χ1n) is 29.4. The van der Waals surface area contributed by atoms with Crippen molar-refractivity contribution in [3.63, 3.8) is 0 Å². The molecule has 6 N–H and O–H groups in total. The second-order valence-corrected chi connectivity index (χ2v) is 24.7. The maximum atomic E-state index is 12.7. The minimum atomic E-state index is -1.25. The van der Waals surface area contributed by atoms with Crippen molar-refractivity contribution in [3.05, 3.63) is 88.9 Å². The van der Waals surface area contributed by atoms with E-state index in [1.54, 1.807) is 20.8 Å². The van der Waals surface area contributed by atoms with Crippen LogP contribution in [-0.4, -0.2) is 87.8 Å². The van der Waals surface area contributed by atoms with Gasteiger partial charge in [0.25, 0.3) is 0 Å². The molecule has 0 saturated heterocycles. The summed E-state index contributed by atoms with van der Waals surface area (Å²) in [6, 6.07) is 20.3. The molecule has 3 atom stereocenters. The number of amides is 3. The third-order valence-corrected chi connectivity index (χ3v) is 17.5. The van der Waals surface area contributed by atoms with E-state index in [0.29, 0.717) is 48.3 Å². The van der Waals surface area contributed by atoms with Crippen LogP contribution in [-0.2, 0) is 20.0 Å². The van der Waals surface area contributed by atoms with Crippen molar-refractivity contribution < 1.29 is 29.7 Å². The number of aromatic nitrogens is 9. The summed E-state index contributed by atoms with van der Waals surface area (Å²) in [5.41, 5.74) is 6.35. The molecule has 6 heterocycles. The Morgan fingerprint density at radius 2 is 0.850 bits per heavy atom. The Labute approximate surface area is 469 Å². The van der Waals surface area contributed by atoms with Gasteiger partial charge >= 0.3 is 0 Å². The average molecular weight is 1090 g/mol. The zero-order valence-electron chi connectivity index (χ0n) is 47.9. The van der Waals surface area contributed by atoms with Crippen LogP contribution >= 0.6 is 0 Å². The van der Waals surface area contributed by atoms with E-state index in [-0.39, 0.29) is 42.9 Å². The van der Waals surface area contributed by atoms with Crippen LogP contribution in [0.2, 0.25) is 0 Å². The smallest absolute Gasteiger partial charge is 0.229 e. The molecule has 426 valence electrons. The average Bonchev–Trinajstić information content (AvgIpc) is 4.34. The zero-order chi connectivity index (χ0) is 56.5. The first-order valence-corrected chi connectivity index (χ1v) is 29.4. The number of anilines is 3. The highest BCUT2D eigenvalue weighted by atomic mass is 16.3. The van der Waals surface area contributed by atoms with Gasteiger partial charge in [0.05, 0.1) is 36.1 Å². The van der Waals surface area contributed by atoms with E-state index in [0.717, 1.165) is 126 Å². The number of imidazole rings is 3. The molecule has 0 spiro atoms. The summed E-state index contributed by atoms with van der Waals surface area (Å²) in [5.74, 6) is 1.80. The number of fused-ring (bicyclic) bond motifs is 3. The highest BCUT2D eigenvalue weighted by Gasteiger charge is 2.38. The van der Waals surface area contributed by atoms with Crippen molar-refractivity contribution in [2.24, 2.45) is 11.8 Å². The molecule has 1 aromatic carbocycles. The van der Waals surface area contributed by atoms with Crippen LogP contribution in [0.25, 0.3) is 33.5 Å². The summed E-state index contributed by atoms with van der Waals surface area (Å²) in [6.45, 7) is 13.1. The molecule has 3 unspecified atom stereocenters. The topological polar surface area (TPSA) is 240 Å². The van der Waals surface area contributed by atoms with Gasteiger partial charge in [-0.05, 0) is 179 Å². The molecule has 5 fully saturated rings. The van der Waals surface area contributed by atoms with Crippen LogP contribution in [0.3, 0.4) is 0 Å². The number of nitrogens with one attached hydrogen (secondary N) is 3. The van der Waals surface area contributed by atoms with Gasteiger partial charge in [-0.15, -0.1) is 0 Å². The lowest BCUT2D eigenvalue weighted by atomic mass is 9.77. The summed E-state index contributed by atoms with van der Waals surface area (Å²) < 4.78 is 6.20. The van der Waals surface area contributed by atoms with Gasteiger partial charge in [0.1, 0.15) is 16.6 Å². The molecule has 5 aliphatic rings. The third-order valence-electron chi connectivity index (χ3n) is 17.5. The van der Waals surface area contributed by atoms with E-state index in [2.05, 4.69) is 55.0 Å². The molecular weight excluding hydrogens is 1010 g/mol. The first kappa shape index (κ1) is 56.6. The van der Waals surface area contributed by atoms with E-state index >= 15 is 0 Å². The van der Waals surface area contributed by atoms with Gasteiger partial charge in [0.2, 0.25) is 35.6 Å². The highest BCUT2D eigenvalue weighted by Crippen LogP contribution is 2.41. The van der Waals surface area contributed by atoms with Gasteiger partial charge < -0.3 is 15.3 Å². The van der Waals surface area contributed by atoms with Crippen LogP contribution in [0.4, 0.5) is 17.8 Å². The van der Waals surface area contributed by atoms with Gasteiger partial charge in [0, 0.05) is 35.2 Å². The SMILES string of the molecule is Cc1ccc(C(C)(O)CC(=O)Nc2nc3ccc(C)nc3n2C2CCC2)cc1.Cc1ccc2nc(NC(=O)CC(C)(O)C3CCCC3)n(C3CCC3)c2n1.Cc1ccc2nc(NC(=O)CC(C)(O)CC3CCC3)n(C3CCC3)c2n1. The Morgan fingerprint density at radius 3 is 1.21 bits per heavy atom. The molecule has 7 aromatic rings. The van der Waals surface area contributed by atoms with Gasteiger partial charge in [-0.25, -0.2) is 29.9 Å². The Morgan fingerprint density at radius 1 is 0.475 bits per heavy atom. The summed E-state index contributed by atoms with van der Waals surface area (Å²) in [6.07, 6.45) is 18.8. The van der Waals surface area contributed by atoms with E-state index in [9.17, 15) is 29.7 Å². The number of aryl methyl sites for hydroxylation is 4. The molecule has 0 bridgehead atoms. The molecule has 0 radical (unpaired) electrons. The quantitative estimate of drug-likeness (QED) is 0.0530. The van der Waals surface area contributed by atoms with Crippen molar-refractivity contribution in [1.29, 1.82) is 0 Å². The van der Waals surface area contributed by atoms with Gasteiger partial charge in [-0.2, -0.15) is 0 Å². The molecule has 12 rings (SSSR count). The predicted molar refractivity (Wildman–Crippen MR) is 311 cm³/mol. The highest BCUT2D eigenvalue weighted by molar-refractivity contribution is 5.93. The van der Waals surface area contributed by atoms with Crippen molar-refractivity contribution in [3.8, 4) is 0 Å². The fourth-order valence-electron chi connectivity index (χ4n) is 12.0. The van der Waals surface area contributed by atoms with Crippen molar-refractivity contribution in [2.75, 3.05) is 16.0 Å². The molecule has 5 saturated carbocycles. The number of rotatable bonds is 16. The molecular formula is C62H82N12O6. The molecule has 18 nitrogen and oxygen atoms in total. The van der Waals surface area contributed by atoms with Crippen LogP contribution < -0.4 is 16.0 Å². The maximum Gasteiger partial charge on any atom is 0.229 e. The number of hydrogen-bond acceptors (Lipinski definition) is 12. The van der Waals surface area contributed by atoms with E-state index in [4.69, 9.17) is 0 Å². The molecule has 80 heavy (non-hydrogen) atoms. The second-order valence-electron chi connectivity index (χ2n) is 24.7. The molecule has 0 aliphatic heterocycles. The van der Waals surface area contributed by atoms with Crippen LogP contribution in [0, 0.1) is 39.5 Å². The standard InChI is InChI=1S/C22H26N4O2.2C20H28N4O2/c1-14-7-10-16(11-8-14)22(3,28)13-19(27)25-21-24-18-12-9-15(2)23-20(18)26(21)17-5-4-6-17;1-13-9-10-16-18(21-13)24(15-7-4-8-15)19(22-16)23-17(25)12-20(2,26)11-14-5-3-6-14;1-13-10-11-16-18(21-13)24(15-8-5-9-15)19(22-16)23-17(25)12-20(2,26)14-6-3-4-7-14/h7-12,17,28H,4-6,13H2,1-3H3,(H,24,25,27);9-10,14-15,26H,3-8,11-12H2,1-2H3,(H,22,23,25);10-11,14-15,26H,3-9,12H2,1-2H3,(H,22,23,25). The molecule has 6 aromatic heterocycles. The Kier molecular flexibility index (Phi) is 16.6. The third kappa shape index (κ3) is 12.9. The Bertz CT molecular complexity index is 3350. The zero-order valence-corrected chi connectivity index (χ0v) is 47.9. The van der Waals surface area contributed by atoms with Crippen molar-refractivity contribution >= 4 is 69.1 Å². The lowest BCUT2D eigenvalue weighted by Crippen LogP contribution is -2.37. The number of hydrogen-bond donors (Lipinski definition) is 6. The van der Waals surface area contributed by atoms with E-state index in [1.165, 1.54) is 38.5 Å². The summed E-state index contributed by atoms with van der Waals surface area (Å²) >= 11 is 0. The summed E-state index contributed by atoms with van der Waals surface area (Å²) in [7, 11) is 0. The lowest BCUT2D eigenvalue weighted by molar-refractivity contribution is -0.123. The normalized spacial score (nSPS) is 19.2. The minimum Gasteiger partial charge on any atom is -0.390 e. The van der Waals surface area contributed by atoms with Crippen molar-refractivity contribution in [1.82, 2.24) is 43.6 Å². The van der Waals surface area contributed by atoms with E-state index < -0.39 is 16.8 Å². The Hall–Kier alpha value is -6.63. The molecule has 18 heteroatoms. The van der Waals surface area contributed by atoms with Gasteiger partial charge in [-0.3, -0.25) is 44.0 Å². The number of pyridine rings is 3. The van der Waals surface area contributed by atoms with Crippen LogP contribution in [0.15, 0.2) is 60.7 Å². The number of carbonyl (C=O) groups is 3. The lowest BCUT2D eigenvalue weighted by Gasteiger charge is -2.33. The van der Waals surface area contributed by atoms with Crippen LogP contribution in [0.5, 0.6) is 0 Å². The second kappa shape index (κ2) is 23.5. The largest absolute Gasteiger partial charge is 0.390 e. The first-order chi connectivity index (χ1) is 38.2. The minimum absolute atomic E-state index is 0.0452. The van der Waals surface area contributed by atoms with Gasteiger partial charge in [0.15, 0.2) is 16.9 Å². The number of nitrogens with zero attached hydrogens (tertiary/aromatic N) is 9. The fraction of sp³-hybridized carbons (Fsp3) is 0.565. The monoisotopic (exact) mass is 1090 g/mol. The molecule has 5 aliphatic carbocycles. The predicted octanol–water partition coefficient (Wildman–Crippen LogP) is 11.5. The summed E-state index contributed by atoms with van der Waals surface area (Å²) in [5, 5.41) is 41.0. The van der Waals surface area contributed by atoms with Crippen LogP contribution in [0.1, 0.15) is 196 Å². The maximum absolute atomic E-state index is 12.7. The number of benzene rings is 1.